The first-order valence-corrected chi connectivity index (χ1v) is 12.1. The summed E-state index contributed by atoms with van der Waals surface area (Å²) in [4.78, 5) is 15.1. The Balaban J connectivity index is 1.59. The van der Waals surface area contributed by atoms with Crippen LogP contribution in [0, 0.1) is 10.1 Å². The molecule has 1 aromatic heterocycles. The molecule has 0 aliphatic carbocycles. The van der Waals surface area contributed by atoms with Gasteiger partial charge in [-0.25, -0.2) is 0 Å². The van der Waals surface area contributed by atoms with Crippen LogP contribution in [0.15, 0.2) is 72.8 Å². The molecular weight excluding hydrogens is 453 g/mol. The molecule has 1 fully saturated rings. The van der Waals surface area contributed by atoms with E-state index in [9.17, 15) is 10.1 Å². The lowest BCUT2D eigenvalue weighted by molar-refractivity contribution is -0.481. The number of fused-ring (bicyclic) bond motifs is 1. The summed E-state index contributed by atoms with van der Waals surface area (Å²) < 4.78 is 12.4. The molecule has 0 spiro atoms. The summed E-state index contributed by atoms with van der Waals surface area (Å²) in [6, 6.07) is 23.3. The standard InChI is InChI=1S/C28H30BN3O4/c1-27(2)28(3,4)36-29(35-27)20-13-9-18(10-14-20)23(17-32(33)34)25-22-7-5-6-8-24(22)31-26(25)19-11-15-21(30)16-12-19/h5-16,23,31H,17,30H2,1-4H3. The maximum Gasteiger partial charge on any atom is 0.494 e. The second kappa shape index (κ2) is 8.80. The molecule has 1 atom stereocenters. The van der Waals surface area contributed by atoms with E-state index in [4.69, 9.17) is 15.0 Å². The highest BCUT2D eigenvalue weighted by Crippen LogP contribution is 2.40. The first-order chi connectivity index (χ1) is 17.1. The van der Waals surface area contributed by atoms with Gasteiger partial charge < -0.3 is 20.0 Å². The zero-order valence-electron chi connectivity index (χ0n) is 20.9. The molecule has 3 N–H and O–H groups in total. The van der Waals surface area contributed by atoms with E-state index >= 15 is 0 Å². The van der Waals surface area contributed by atoms with Crippen molar-refractivity contribution in [3.05, 3.63) is 94.0 Å². The number of nitrogen functional groups attached to an aromatic ring is 1. The van der Waals surface area contributed by atoms with E-state index in [1.54, 1.807) is 0 Å². The number of nitrogens with two attached hydrogens (primary N) is 1. The molecule has 0 bridgehead atoms. The van der Waals surface area contributed by atoms with Gasteiger partial charge in [0.2, 0.25) is 6.54 Å². The number of benzene rings is 3. The Morgan fingerprint density at radius 2 is 1.56 bits per heavy atom. The van der Waals surface area contributed by atoms with Gasteiger partial charge in [0.05, 0.1) is 22.8 Å². The van der Waals surface area contributed by atoms with Gasteiger partial charge in [0.15, 0.2) is 0 Å². The fourth-order valence-corrected chi connectivity index (χ4v) is 4.78. The number of hydrogen-bond acceptors (Lipinski definition) is 5. The smallest absolute Gasteiger partial charge is 0.399 e. The molecule has 0 amide bonds. The van der Waals surface area contributed by atoms with Crippen molar-refractivity contribution in [1.29, 1.82) is 0 Å². The Hall–Kier alpha value is -3.62. The normalized spacial score (nSPS) is 17.4. The van der Waals surface area contributed by atoms with Crippen molar-refractivity contribution in [3.63, 3.8) is 0 Å². The van der Waals surface area contributed by atoms with Crippen molar-refractivity contribution in [3.8, 4) is 11.3 Å². The third-order valence-corrected chi connectivity index (χ3v) is 7.49. The van der Waals surface area contributed by atoms with Gasteiger partial charge in [0.1, 0.15) is 0 Å². The molecule has 1 aliphatic heterocycles. The fraction of sp³-hybridized carbons (Fsp3) is 0.286. The SMILES string of the molecule is CC1(C)OB(c2ccc(C(C[N+](=O)[O-])c3c(-c4ccc(N)cc4)[nH]c4ccccc34)cc2)OC1(C)C. The van der Waals surface area contributed by atoms with E-state index in [0.29, 0.717) is 5.69 Å². The minimum atomic E-state index is -0.489. The number of aromatic nitrogens is 1. The second-order valence-corrected chi connectivity index (χ2v) is 10.4. The van der Waals surface area contributed by atoms with Crippen molar-refractivity contribution < 1.29 is 14.2 Å². The van der Waals surface area contributed by atoms with Crippen LogP contribution in [0.25, 0.3) is 22.2 Å². The Morgan fingerprint density at radius 1 is 0.944 bits per heavy atom. The van der Waals surface area contributed by atoms with Crippen LogP contribution in [0.1, 0.15) is 44.7 Å². The maximum absolute atomic E-state index is 11.9. The van der Waals surface area contributed by atoms with Gasteiger partial charge in [-0.15, -0.1) is 0 Å². The number of nitrogens with one attached hydrogen (secondary N) is 1. The lowest BCUT2D eigenvalue weighted by atomic mass is 9.77. The summed E-state index contributed by atoms with van der Waals surface area (Å²) in [5.41, 5.74) is 11.1. The number of hydrogen-bond donors (Lipinski definition) is 2. The quantitative estimate of drug-likeness (QED) is 0.171. The van der Waals surface area contributed by atoms with Gasteiger partial charge in [0, 0.05) is 21.5 Å². The van der Waals surface area contributed by atoms with E-state index < -0.39 is 24.2 Å². The predicted octanol–water partition coefficient (Wildman–Crippen LogP) is 5.12. The molecule has 5 rings (SSSR count). The van der Waals surface area contributed by atoms with Crippen molar-refractivity contribution in [1.82, 2.24) is 4.98 Å². The summed E-state index contributed by atoms with van der Waals surface area (Å²) in [5, 5.41) is 12.8. The molecule has 2 heterocycles. The first-order valence-electron chi connectivity index (χ1n) is 12.1. The van der Waals surface area contributed by atoms with Crippen molar-refractivity contribution >= 4 is 29.2 Å². The van der Waals surface area contributed by atoms with Crippen molar-refractivity contribution in [2.75, 3.05) is 12.3 Å². The zero-order valence-corrected chi connectivity index (χ0v) is 20.9. The fourth-order valence-electron chi connectivity index (χ4n) is 4.78. The van der Waals surface area contributed by atoms with Crippen molar-refractivity contribution in [2.24, 2.45) is 0 Å². The molecule has 7 nitrogen and oxygen atoms in total. The number of H-pyrrole nitrogens is 1. The highest BCUT2D eigenvalue weighted by Gasteiger charge is 2.51. The van der Waals surface area contributed by atoms with E-state index in [-0.39, 0.29) is 11.5 Å². The van der Waals surface area contributed by atoms with Crippen LogP contribution >= 0.6 is 0 Å². The molecule has 1 aliphatic rings. The second-order valence-electron chi connectivity index (χ2n) is 10.4. The monoisotopic (exact) mass is 483 g/mol. The molecule has 36 heavy (non-hydrogen) atoms. The topological polar surface area (TPSA) is 103 Å². The Bertz CT molecular complexity index is 1400. The van der Waals surface area contributed by atoms with Crippen LogP contribution in [0.4, 0.5) is 5.69 Å². The minimum absolute atomic E-state index is 0.236. The molecular formula is C28H30BN3O4. The average Bonchev–Trinajstić information content (AvgIpc) is 3.31. The maximum atomic E-state index is 11.9. The summed E-state index contributed by atoms with van der Waals surface area (Å²) in [6.07, 6.45) is 0. The van der Waals surface area contributed by atoms with E-state index in [0.717, 1.165) is 38.8 Å². The van der Waals surface area contributed by atoms with Crippen molar-refractivity contribution in [2.45, 2.75) is 44.8 Å². The van der Waals surface area contributed by atoms with E-state index in [2.05, 4.69) is 4.98 Å². The molecule has 0 radical (unpaired) electrons. The Morgan fingerprint density at radius 3 is 2.17 bits per heavy atom. The van der Waals surface area contributed by atoms with Gasteiger partial charge >= 0.3 is 7.12 Å². The van der Waals surface area contributed by atoms with Crippen LogP contribution in [0.3, 0.4) is 0 Å². The number of rotatable bonds is 6. The molecule has 184 valence electrons. The number of anilines is 1. The highest BCUT2D eigenvalue weighted by molar-refractivity contribution is 6.62. The van der Waals surface area contributed by atoms with E-state index in [1.165, 1.54) is 0 Å². The van der Waals surface area contributed by atoms with Gasteiger partial charge in [-0.3, -0.25) is 10.1 Å². The zero-order chi connectivity index (χ0) is 25.7. The summed E-state index contributed by atoms with van der Waals surface area (Å²) in [6.45, 7) is 7.84. The third-order valence-electron chi connectivity index (χ3n) is 7.49. The minimum Gasteiger partial charge on any atom is -0.399 e. The number of nitrogens with zero attached hydrogens (tertiary/aromatic N) is 1. The molecule has 1 unspecified atom stereocenters. The van der Waals surface area contributed by atoms with Gasteiger partial charge in [-0.05, 0) is 68.0 Å². The summed E-state index contributed by atoms with van der Waals surface area (Å²) in [5.74, 6) is -0.462. The average molecular weight is 483 g/mol. The lowest BCUT2D eigenvalue weighted by Gasteiger charge is -2.32. The van der Waals surface area contributed by atoms with Crippen LogP contribution in [-0.4, -0.2) is 34.8 Å². The summed E-state index contributed by atoms with van der Waals surface area (Å²) in [7, 11) is -0.489. The third kappa shape index (κ3) is 4.27. The lowest BCUT2D eigenvalue weighted by Crippen LogP contribution is -2.41. The molecule has 0 saturated carbocycles. The Labute approximate surface area is 210 Å². The molecule has 1 saturated heterocycles. The van der Waals surface area contributed by atoms with Crippen LogP contribution in [0.5, 0.6) is 0 Å². The van der Waals surface area contributed by atoms with Gasteiger partial charge in [0.25, 0.3) is 0 Å². The van der Waals surface area contributed by atoms with Gasteiger partial charge in [-0.2, -0.15) is 0 Å². The predicted molar refractivity (Wildman–Crippen MR) is 144 cm³/mol. The first kappa shape index (κ1) is 24.1. The number of aromatic amines is 1. The molecule has 4 aromatic rings. The van der Waals surface area contributed by atoms with Crippen LogP contribution < -0.4 is 11.2 Å². The highest BCUT2D eigenvalue weighted by atomic mass is 16.7. The van der Waals surface area contributed by atoms with Gasteiger partial charge in [-0.1, -0.05) is 54.6 Å². The summed E-state index contributed by atoms with van der Waals surface area (Å²) >= 11 is 0. The van der Waals surface area contributed by atoms with E-state index in [1.807, 2.05) is 100 Å². The van der Waals surface area contributed by atoms with Crippen LogP contribution in [-0.2, 0) is 9.31 Å². The Kier molecular flexibility index (Phi) is 5.89. The molecule has 8 heteroatoms. The number of nitro groups is 1. The molecule has 3 aromatic carbocycles. The van der Waals surface area contributed by atoms with Crippen LogP contribution in [0.2, 0.25) is 0 Å². The largest absolute Gasteiger partial charge is 0.494 e. The number of para-hydroxylation sites is 1.